The van der Waals surface area contributed by atoms with Gasteiger partial charge in [0.15, 0.2) is 5.78 Å². The van der Waals surface area contributed by atoms with Gasteiger partial charge in [0.1, 0.15) is 0 Å². The number of nitrogens with one attached hydrogen (secondary N) is 1. The third-order valence-electron chi connectivity index (χ3n) is 6.71. The molecule has 0 amide bonds. The lowest BCUT2D eigenvalue weighted by atomic mass is 9.94. The highest BCUT2D eigenvalue weighted by molar-refractivity contribution is 7.89. The first kappa shape index (κ1) is 24.5. The van der Waals surface area contributed by atoms with Crippen molar-refractivity contribution >= 4 is 27.1 Å². The molecule has 3 heterocycles. The Morgan fingerprint density at radius 1 is 1.12 bits per heavy atom. The molecule has 1 aromatic carbocycles. The van der Waals surface area contributed by atoms with Crippen LogP contribution >= 0.6 is 11.3 Å². The standard InChI is InChI=1S/C25H35N3O3S2/c1-19-13-20(2)18-28(17-19)33(30,31)22-8-5-7-21(14-22)24(29)16-26-15-23(25-9-6-12-32-25)27-10-3-4-11-27/h5-9,12,14,19-20,23,26H,3-4,10-11,13,15-18H2,1-2H3. The Kier molecular flexibility index (Phi) is 8.02. The number of carbonyl (C=O) groups excluding carboxylic acids is 1. The van der Waals surface area contributed by atoms with Crippen LogP contribution in [-0.2, 0) is 10.0 Å². The maximum Gasteiger partial charge on any atom is 0.243 e. The molecule has 2 aromatic rings. The summed E-state index contributed by atoms with van der Waals surface area (Å²) in [6.07, 6.45) is 3.48. The molecule has 3 atom stereocenters. The first-order valence-corrected chi connectivity index (χ1v) is 14.3. The third-order valence-corrected chi connectivity index (χ3v) is 9.51. The van der Waals surface area contributed by atoms with E-state index in [0.29, 0.717) is 37.0 Å². The van der Waals surface area contributed by atoms with E-state index in [4.69, 9.17) is 0 Å². The first-order chi connectivity index (χ1) is 15.8. The Hall–Kier alpha value is -1.58. The number of carbonyl (C=O) groups is 1. The Morgan fingerprint density at radius 2 is 1.85 bits per heavy atom. The average Bonchev–Trinajstić information content (AvgIpc) is 3.51. The summed E-state index contributed by atoms with van der Waals surface area (Å²) in [4.78, 5) is 16.9. The average molecular weight is 490 g/mol. The van der Waals surface area contributed by atoms with E-state index in [-0.39, 0.29) is 23.3 Å². The third kappa shape index (κ3) is 5.92. The van der Waals surface area contributed by atoms with E-state index in [0.717, 1.165) is 19.5 Å². The molecule has 8 heteroatoms. The van der Waals surface area contributed by atoms with Crippen LogP contribution in [0.3, 0.4) is 0 Å². The van der Waals surface area contributed by atoms with E-state index in [1.165, 1.54) is 17.7 Å². The summed E-state index contributed by atoms with van der Waals surface area (Å²) in [5.41, 5.74) is 0.440. The SMILES string of the molecule is CC1CC(C)CN(S(=O)(=O)c2cccc(C(=O)CNCC(c3cccs3)N3CCCC3)c2)C1. The van der Waals surface area contributed by atoms with Gasteiger partial charge in [0, 0.05) is 30.1 Å². The number of hydrogen-bond acceptors (Lipinski definition) is 6. The predicted molar refractivity (Wildman–Crippen MR) is 133 cm³/mol. The lowest BCUT2D eigenvalue weighted by molar-refractivity contribution is 0.0987. The molecule has 0 spiro atoms. The number of ketones is 1. The Labute approximate surface area is 202 Å². The molecule has 0 saturated carbocycles. The molecule has 2 aliphatic rings. The minimum absolute atomic E-state index is 0.0845. The summed E-state index contributed by atoms with van der Waals surface area (Å²) < 4.78 is 28.0. The molecule has 2 fully saturated rings. The van der Waals surface area contributed by atoms with Crippen molar-refractivity contribution in [2.24, 2.45) is 11.8 Å². The van der Waals surface area contributed by atoms with Gasteiger partial charge in [0.2, 0.25) is 10.0 Å². The maximum absolute atomic E-state index is 13.2. The number of sulfonamides is 1. The number of hydrogen-bond donors (Lipinski definition) is 1. The van der Waals surface area contributed by atoms with Gasteiger partial charge in [-0.1, -0.05) is 32.0 Å². The van der Waals surface area contributed by atoms with Crippen LogP contribution in [0.1, 0.15) is 54.4 Å². The molecular formula is C25H35N3O3S2. The smallest absolute Gasteiger partial charge is 0.243 e. The molecule has 4 rings (SSSR count). The van der Waals surface area contributed by atoms with Crippen molar-refractivity contribution in [3.05, 3.63) is 52.2 Å². The second-order valence-corrected chi connectivity index (χ2v) is 12.5. The van der Waals surface area contributed by atoms with Crippen molar-refractivity contribution in [3.8, 4) is 0 Å². The van der Waals surface area contributed by atoms with Gasteiger partial charge in [-0.25, -0.2) is 8.42 Å². The first-order valence-electron chi connectivity index (χ1n) is 12.0. The van der Waals surface area contributed by atoms with Gasteiger partial charge < -0.3 is 5.32 Å². The predicted octanol–water partition coefficient (Wildman–Crippen LogP) is 4.02. The van der Waals surface area contributed by atoms with Crippen molar-refractivity contribution in [3.63, 3.8) is 0 Å². The fourth-order valence-corrected chi connectivity index (χ4v) is 7.74. The van der Waals surface area contributed by atoms with Gasteiger partial charge in [-0.05, 0) is 67.8 Å². The van der Waals surface area contributed by atoms with Gasteiger partial charge >= 0.3 is 0 Å². The molecule has 2 aliphatic heterocycles. The second kappa shape index (κ2) is 10.8. The van der Waals surface area contributed by atoms with Crippen LogP contribution in [0.5, 0.6) is 0 Å². The molecule has 1 N–H and O–H groups in total. The number of likely N-dealkylation sites (tertiary alicyclic amines) is 1. The lowest BCUT2D eigenvalue weighted by Gasteiger charge is -2.34. The summed E-state index contributed by atoms with van der Waals surface area (Å²) in [7, 11) is -3.60. The summed E-state index contributed by atoms with van der Waals surface area (Å²) in [6, 6.07) is 11.0. The van der Waals surface area contributed by atoms with Crippen molar-refractivity contribution in [1.29, 1.82) is 0 Å². The minimum Gasteiger partial charge on any atom is -0.308 e. The van der Waals surface area contributed by atoms with Crippen molar-refractivity contribution < 1.29 is 13.2 Å². The van der Waals surface area contributed by atoms with Crippen molar-refractivity contribution in [2.75, 3.05) is 39.3 Å². The Balaban J connectivity index is 1.40. The van der Waals surface area contributed by atoms with Gasteiger partial charge in [0.25, 0.3) is 0 Å². The summed E-state index contributed by atoms with van der Waals surface area (Å²) in [5, 5.41) is 5.43. The largest absolute Gasteiger partial charge is 0.308 e. The summed E-state index contributed by atoms with van der Waals surface area (Å²) in [6.45, 7) is 8.33. The summed E-state index contributed by atoms with van der Waals surface area (Å²) >= 11 is 1.75. The minimum atomic E-state index is -3.60. The zero-order valence-electron chi connectivity index (χ0n) is 19.6. The topological polar surface area (TPSA) is 69.7 Å². The normalized spacial score (nSPS) is 23.6. The zero-order valence-corrected chi connectivity index (χ0v) is 21.2. The van der Waals surface area contributed by atoms with E-state index >= 15 is 0 Å². The van der Waals surface area contributed by atoms with Gasteiger partial charge in [-0.15, -0.1) is 11.3 Å². The van der Waals surface area contributed by atoms with Crippen molar-refractivity contribution in [2.45, 2.75) is 44.0 Å². The van der Waals surface area contributed by atoms with E-state index in [2.05, 4.69) is 41.6 Å². The van der Waals surface area contributed by atoms with E-state index < -0.39 is 10.0 Å². The monoisotopic (exact) mass is 489 g/mol. The van der Waals surface area contributed by atoms with Gasteiger partial charge in [-0.2, -0.15) is 4.31 Å². The summed E-state index contributed by atoms with van der Waals surface area (Å²) in [5.74, 6) is 0.590. The quantitative estimate of drug-likeness (QED) is 0.539. The van der Waals surface area contributed by atoms with E-state index in [9.17, 15) is 13.2 Å². The molecule has 33 heavy (non-hydrogen) atoms. The molecule has 3 unspecified atom stereocenters. The van der Waals surface area contributed by atoms with Crippen LogP contribution in [-0.4, -0.2) is 62.7 Å². The maximum atomic E-state index is 13.2. The Morgan fingerprint density at radius 3 is 2.52 bits per heavy atom. The van der Waals surface area contributed by atoms with Gasteiger partial charge in [0.05, 0.1) is 17.5 Å². The van der Waals surface area contributed by atoms with Crippen molar-refractivity contribution in [1.82, 2.24) is 14.5 Å². The fraction of sp³-hybridized carbons (Fsp3) is 0.560. The van der Waals surface area contributed by atoms with E-state index in [1.54, 1.807) is 39.9 Å². The molecule has 2 saturated heterocycles. The van der Waals surface area contributed by atoms with Crippen LogP contribution < -0.4 is 5.32 Å². The highest BCUT2D eigenvalue weighted by Crippen LogP contribution is 2.28. The number of piperidine rings is 1. The Bertz CT molecular complexity index is 1020. The fourth-order valence-electron chi connectivity index (χ4n) is 5.15. The number of benzene rings is 1. The zero-order chi connectivity index (χ0) is 23.4. The van der Waals surface area contributed by atoms with E-state index in [1.807, 2.05) is 0 Å². The molecule has 0 radical (unpaired) electrons. The molecule has 0 bridgehead atoms. The molecule has 0 aliphatic carbocycles. The highest BCUT2D eigenvalue weighted by atomic mass is 32.2. The van der Waals surface area contributed by atoms with Crippen LogP contribution in [0.15, 0.2) is 46.7 Å². The molecular weight excluding hydrogens is 454 g/mol. The van der Waals surface area contributed by atoms with Gasteiger partial charge in [-0.3, -0.25) is 9.69 Å². The molecule has 180 valence electrons. The van der Waals surface area contributed by atoms with Crippen LogP contribution in [0.25, 0.3) is 0 Å². The number of Topliss-reactive ketones (excluding diaryl/α,β-unsaturated/α-hetero) is 1. The lowest BCUT2D eigenvalue weighted by Crippen LogP contribution is -2.42. The van der Waals surface area contributed by atoms with Crippen LogP contribution in [0.2, 0.25) is 0 Å². The van der Waals surface area contributed by atoms with Crippen LogP contribution in [0.4, 0.5) is 0 Å². The molecule has 6 nitrogen and oxygen atoms in total. The molecule has 1 aromatic heterocycles. The number of thiophene rings is 1. The van der Waals surface area contributed by atoms with Crippen LogP contribution in [0, 0.1) is 11.8 Å². The second-order valence-electron chi connectivity index (χ2n) is 9.62. The number of rotatable bonds is 9. The highest BCUT2D eigenvalue weighted by Gasteiger charge is 2.32. The number of nitrogens with zero attached hydrogens (tertiary/aromatic N) is 2.